The van der Waals surface area contributed by atoms with Crippen LogP contribution in [0.5, 0.6) is 0 Å². The van der Waals surface area contributed by atoms with E-state index in [1.807, 2.05) is 0 Å². The predicted octanol–water partition coefficient (Wildman–Crippen LogP) is 3.95. The molecule has 1 heterocycles. The largest absolute Gasteiger partial charge is 0.418 e. The Morgan fingerprint density at radius 3 is 2.58 bits per heavy atom. The van der Waals surface area contributed by atoms with Gasteiger partial charge in [0.25, 0.3) is 0 Å². The van der Waals surface area contributed by atoms with E-state index >= 15 is 0 Å². The lowest BCUT2D eigenvalue weighted by atomic mass is 10.1. The molecule has 2 rings (SSSR count). The minimum Gasteiger partial charge on any atom is -0.311 e. The molecule has 104 valence electrons. The monoisotopic (exact) mass is 311 g/mol. The normalized spacial score (nSPS) is 20.2. The second kappa shape index (κ2) is 5.21. The van der Waals surface area contributed by atoms with Crippen molar-refractivity contribution in [2.75, 3.05) is 17.3 Å². The molecule has 1 aromatic rings. The van der Waals surface area contributed by atoms with Crippen LogP contribution in [0.25, 0.3) is 0 Å². The number of nitrogens with zero attached hydrogens (tertiary/aromatic N) is 1. The molecule has 1 fully saturated rings. The summed E-state index contributed by atoms with van der Waals surface area (Å²) < 4.78 is 38.8. The summed E-state index contributed by atoms with van der Waals surface area (Å²) in [5.74, 6) is -0.253. The maximum absolute atomic E-state index is 12.9. The van der Waals surface area contributed by atoms with E-state index in [0.717, 1.165) is 17.0 Å². The molecule has 0 aliphatic carbocycles. The Kier molecular flexibility index (Phi) is 3.97. The number of hydrogen-bond acceptors (Lipinski definition) is 1. The molecule has 1 atom stereocenters. The van der Waals surface area contributed by atoms with Crippen molar-refractivity contribution in [3.63, 3.8) is 0 Å². The van der Waals surface area contributed by atoms with Gasteiger partial charge in [0.05, 0.1) is 11.3 Å². The van der Waals surface area contributed by atoms with Crippen molar-refractivity contribution in [1.82, 2.24) is 0 Å². The van der Waals surface area contributed by atoms with Crippen LogP contribution >= 0.6 is 23.2 Å². The van der Waals surface area contributed by atoms with Gasteiger partial charge in [-0.1, -0.05) is 11.6 Å². The molecule has 19 heavy (non-hydrogen) atoms. The van der Waals surface area contributed by atoms with Crippen LogP contribution < -0.4 is 4.90 Å². The molecule has 0 N–H and O–H groups in total. The average Bonchev–Trinajstić information content (AvgIpc) is 2.68. The molecule has 7 heteroatoms. The fourth-order valence-electron chi connectivity index (χ4n) is 2.09. The van der Waals surface area contributed by atoms with Gasteiger partial charge < -0.3 is 4.90 Å². The first kappa shape index (κ1) is 14.5. The molecular formula is C12H10Cl2F3NO. The fourth-order valence-corrected chi connectivity index (χ4v) is 2.46. The number of alkyl halides is 4. The molecule has 0 radical (unpaired) electrons. The number of carbonyl (C=O) groups excluding carboxylic acids is 1. The van der Waals surface area contributed by atoms with E-state index < -0.39 is 11.7 Å². The van der Waals surface area contributed by atoms with Crippen molar-refractivity contribution in [2.24, 2.45) is 5.92 Å². The minimum atomic E-state index is -4.53. The number of rotatable bonds is 2. The summed E-state index contributed by atoms with van der Waals surface area (Å²) in [5.41, 5.74) is -1.06. The van der Waals surface area contributed by atoms with Gasteiger partial charge in [-0.25, -0.2) is 0 Å². The van der Waals surface area contributed by atoms with E-state index in [-0.39, 0.29) is 41.4 Å². The van der Waals surface area contributed by atoms with E-state index in [2.05, 4.69) is 0 Å². The highest BCUT2D eigenvalue weighted by Gasteiger charge is 2.39. The lowest BCUT2D eigenvalue weighted by Gasteiger charge is -2.21. The number of halogens is 5. The molecule has 0 saturated carbocycles. The number of anilines is 1. The van der Waals surface area contributed by atoms with Gasteiger partial charge in [0, 0.05) is 23.9 Å². The molecule has 1 aromatic carbocycles. The zero-order chi connectivity index (χ0) is 14.2. The van der Waals surface area contributed by atoms with E-state index in [9.17, 15) is 18.0 Å². The third kappa shape index (κ3) is 2.98. The van der Waals surface area contributed by atoms with Crippen LogP contribution in [0.15, 0.2) is 18.2 Å². The lowest BCUT2D eigenvalue weighted by Crippen LogP contribution is -2.27. The summed E-state index contributed by atoms with van der Waals surface area (Å²) in [6.07, 6.45) is -4.37. The summed E-state index contributed by atoms with van der Waals surface area (Å²) in [6, 6.07) is 3.21. The second-order valence-electron chi connectivity index (χ2n) is 4.39. The number of carbonyl (C=O) groups is 1. The predicted molar refractivity (Wildman–Crippen MR) is 67.6 cm³/mol. The van der Waals surface area contributed by atoms with Gasteiger partial charge in [0.2, 0.25) is 5.91 Å². The van der Waals surface area contributed by atoms with Crippen molar-refractivity contribution in [3.8, 4) is 0 Å². The van der Waals surface area contributed by atoms with Crippen molar-refractivity contribution in [1.29, 1.82) is 0 Å². The van der Waals surface area contributed by atoms with Gasteiger partial charge in [0.1, 0.15) is 0 Å². The Labute approximate surface area is 118 Å². The molecule has 1 aliphatic rings. The molecule has 2 nitrogen and oxygen atoms in total. The van der Waals surface area contributed by atoms with E-state index in [0.29, 0.717) is 0 Å². The zero-order valence-corrected chi connectivity index (χ0v) is 11.2. The topological polar surface area (TPSA) is 20.3 Å². The van der Waals surface area contributed by atoms with Crippen LogP contribution in [0.2, 0.25) is 5.02 Å². The first-order valence-electron chi connectivity index (χ1n) is 5.56. The fraction of sp³-hybridized carbons (Fsp3) is 0.417. The number of hydrogen-bond donors (Lipinski definition) is 0. The van der Waals surface area contributed by atoms with Crippen LogP contribution in [-0.2, 0) is 11.0 Å². The van der Waals surface area contributed by atoms with Crippen LogP contribution in [0.3, 0.4) is 0 Å². The van der Waals surface area contributed by atoms with Crippen LogP contribution in [0.1, 0.15) is 12.0 Å². The zero-order valence-electron chi connectivity index (χ0n) is 9.68. The summed E-state index contributed by atoms with van der Waals surface area (Å²) in [6.45, 7) is 0.186. The van der Waals surface area contributed by atoms with E-state index in [1.54, 1.807) is 0 Å². The Hall–Kier alpha value is -0.940. The highest BCUT2D eigenvalue weighted by molar-refractivity contribution is 6.31. The number of benzene rings is 1. The SMILES string of the molecule is O=C1CC(CCl)CN1c1cc(Cl)ccc1C(F)(F)F. The second-order valence-corrected chi connectivity index (χ2v) is 5.13. The maximum atomic E-state index is 12.9. The van der Waals surface area contributed by atoms with Gasteiger partial charge in [-0.2, -0.15) is 13.2 Å². The van der Waals surface area contributed by atoms with Crippen molar-refractivity contribution >= 4 is 34.8 Å². The van der Waals surface area contributed by atoms with Crippen LogP contribution in [-0.4, -0.2) is 18.3 Å². The molecule has 0 aromatic heterocycles. The first-order chi connectivity index (χ1) is 8.82. The molecule has 1 aliphatic heterocycles. The standard InChI is InChI=1S/C12H10Cl2F3NO/c13-5-7-3-11(19)18(6-7)10-4-8(14)1-2-9(10)12(15,16)17/h1-2,4,7H,3,5-6H2. The summed E-state index contributed by atoms with van der Waals surface area (Å²) in [4.78, 5) is 12.9. The molecule has 1 unspecified atom stereocenters. The smallest absolute Gasteiger partial charge is 0.311 e. The first-order valence-corrected chi connectivity index (χ1v) is 6.47. The average molecular weight is 312 g/mol. The lowest BCUT2D eigenvalue weighted by molar-refractivity contribution is -0.137. The minimum absolute atomic E-state index is 0.130. The maximum Gasteiger partial charge on any atom is 0.418 e. The van der Waals surface area contributed by atoms with Gasteiger partial charge >= 0.3 is 6.18 Å². The molecule has 0 spiro atoms. The Morgan fingerprint density at radius 1 is 1.37 bits per heavy atom. The molecule has 1 saturated heterocycles. The van der Waals surface area contributed by atoms with Crippen LogP contribution in [0.4, 0.5) is 18.9 Å². The summed E-state index contributed by atoms with van der Waals surface area (Å²) >= 11 is 11.4. The summed E-state index contributed by atoms with van der Waals surface area (Å²) in [7, 11) is 0. The van der Waals surface area contributed by atoms with Crippen molar-refractivity contribution in [2.45, 2.75) is 12.6 Å². The van der Waals surface area contributed by atoms with Gasteiger partial charge in [-0.15, -0.1) is 11.6 Å². The van der Waals surface area contributed by atoms with E-state index in [1.165, 1.54) is 6.07 Å². The third-order valence-electron chi connectivity index (χ3n) is 2.98. The molecular weight excluding hydrogens is 302 g/mol. The summed E-state index contributed by atoms with van der Waals surface area (Å²) in [5, 5.41) is 0.158. The van der Waals surface area contributed by atoms with Crippen molar-refractivity contribution in [3.05, 3.63) is 28.8 Å². The molecule has 1 amide bonds. The van der Waals surface area contributed by atoms with Gasteiger partial charge in [0.15, 0.2) is 0 Å². The van der Waals surface area contributed by atoms with E-state index in [4.69, 9.17) is 23.2 Å². The quantitative estimate of drug-likeness (QED) is 0.757. The van der Waals surface area contributed by atoms with Crippen LogP contribution in [0, 0.1) is 5.92 Å². The van der Waals surface area contributed by atoms with Gasteiger partial charge in [-0.3, -0.25) is 4.79 Å². The Morgan fingerprint density at radius 2 is 2.05 bits per heavy atom. The Bertz CT molecular complexity index is 504. The number of amides is 1. The van der Waals surface area contributed by atoms with Gasteiger partial charge in [-0.05, 0) is 24.1 Å². The van der Waals surface area contributed by atoms with Crippen molar-refractivity contribution < 1.29 is 18.0 Å². The molecule has 0 bridgehead atoms. The highest BCUT2D eigenvalue weighted by Crippen LogP contribution is 2.40. The Balaban J connectivity index is 2.44. The highest BCUT2D eigenvalue weighted by atomic mass is 35.5. The third-order valence-corrected chi connectivity index (χ3v) is 3.65.